The van der Waals surface area contributed by atoms with Gasteiger partial charge < -0.3 is 5.11 Å². The summed E-state index contributed by atoms with van der Waals surface area (Å²) in [5.41, 5.74) is 0.973. The number of para-hydroxylation sites is 1. The van der Waals surface area contributed by atoms with Gasteiger partial charge in [-0.2, -0.15) is 0 Å². The summed E-state index contributed by atoms with van der Waals surface area (Å²) >= 11 is 2.16. The Morgan fingerprint density at radius 3 is 2.73 bits per heavy atom. The van der Waals surface area contributed by atoms with E-state index in [9.17, 15) is 5.11 Å². The van der Waals surface area contributed by atoms with Crippen molar-refractivity contribution in [3.05, 3.63) is 40.0 Å². The molecule has 0 heterocycles. The summed E-state index contributed by atoms with van der Waals surface area (Å²) in [5.74, 6) is 0.377. The molecule has 0 atom stereocenters. The molecule has 0 aliphatic rings. The van der Waals surface area contributed by atoms with E-state index in [0.29, 0.717) is 5.75 Å². The molecule has 1 rings (SSSR count). The fourth-order valence-corrected chi connectivity index (χ4v) is 1.11. The minimum Gasteiger partial charge on any atom is -0.508 e. The Morgan fingerprint density at radius 1 is 1.36 bits per heavy atom. The minimum atomic E-state index is 0.377. The van der Waals surface area contributed by atoms with Crippen LogP contribution < -0.4 is 0 Å². The topological polar surface area (TPSA) is 20.2 Å². The Balaban J connectivity index is 2.77. The molecule has 0 unspecified atom stereocenters. The number of allylic oxidation sites excluding steroid dienone is 1. The Labute approximate surface area is 79.9 Å². The van der Waals surface area contributed by atoms with Crippen LogP contribution >= 0.6 is 22.6 Å². The zero-order valence-corrected chi connectivity index (χ0v) is 8.15. The van der Waals surface area contributed by atoms with Crippen LogP contribution in [0.25, 0.3) is 0 Å². The van der Waals surface area contributed by atoms with Crippen LogP contribution in [0.1, 0.15) is 5.56 Å². The lowest BCUT2D eigenvalue weighted by Crippen LogP contribution is -1.79. The van der Waals surface area contributed by atoms with Crippen LogP contribution in [0, 0.1) is 0 Å². The predicted molar refractivity (Wildman–Crippen MR) is 55.0 cm³/mol. The molecule has 58 valence electrons. The van der Waals surface area contributed by atoms with Gasteiger partial charge in [0.25, 0.3) is 0 Å². The molecule has 0 aliphatic heterocycles. The fourth-order valence-electron chi connectivity index (χ4n) is 0.855. The highest BCUT2D eigenvalue weighted by Crippen LogP contribution is 2.16. The summed E-state index contributed by atoms with van der Waals surface area (Å²) in [6.45, 7) is 0. The summed E-state index contributed by atoms with van der Waals surface area (Å²) < 4.78 is 1.95. The third-order valence-electron chi connectivity index (χ3n) is 1.42. The number of halogens is 1. The maximum Gasteiger partial charge on any atom is 0.119 e. The molecule has 0 saturated carbocycles. The van der Waals surface area contributed by atoms with Gasteiger partial charge in [0.1, 0.15) is 5.75 Å². The quantitative estimate of drug-likeness (QED) is 0.810. The number of aromatic hydroxyl groups is 1. The molecule has 0 saturated heterocycles. The van der Waals surface area contributed by atoms with Crippen molar-refractivity contribution in [1.29, 1.82) is 0 Å². The van der Waals surface area contributed by atoms with Crippen LogP contribution in [0.15, 0.2) is 34.4 Å². The Hall–Kier alpha value is -0.510. The minimum absolute atomic E-state index is 0.377. The lowest BCUT2D eigenvalue weighted by molar-refractivity contribution is 0.470. The zero-order chi connectivity index (χ0) is 8.10. The van der Waals surface area contributed by atoms with Crippen molar-refractivity contribution in [2.45, 2.75) is 6.42 Å². The molecule has 1 aromatic carbocycles. The second kappa shape index (κ2) is 4.38. The van der Waals surface area contributed by atoms with Crippen LogP contribution in [0.2, 0.25) is 0 Å². The fraction of sp³-hybridized carbons (Fsp3) is 0.111. The molecule has 11 heavy (non-hydrogen) atoms. The number of hydrogen-bond acceptors (Lipinski definition) is 1. The van der Waals surface area contributed by atoms with Gasteiger partial charge in [0.05, 0.1) is 0 Å². The van der Waals surface area contributed by atoms with E-state index in [2.05, 4.69) is 22.6 Å². The molecule has 2 heteroatoms. The van der Waals surface area contributed by atoms with Crippen LogP contribution in [-0.4, -0.2) is 5.11 Å². The molecular weight excluding hydrogens is 251 g/mol. The molecule has 0 fully saturated rings. The van der Waals surface area contributed by atoms with Crippen LogP contribution in [0.3, 0.4) is 0 Å². The van der Waals surface area contributed by atoms with Gasteiger partial charge >= 0.3 is 0 Å². The predicted octanol–water partition coefficient (Wildman–Crippen LogP) is 2.88. The molecule has 0 amide bonds. The molecular formula is C9H9IO. The molecule has 1 N–H and O–H groups in total. The van der Waals surface area contributed by atoms with E-state index >= 15 is 0 Å². The van der Waals surface area contributed by atoms with E-state index in [4.69, 9.17) is 0 Å². The van der Waals surface area contributed by atoms with Gasteiger partial charge in [-0.05, 0) is 22.1 Å². The first kappa shape index (κ1) is 8.59. The van der Waals surface area contributed by atoms with Gasteiger partial charge in [0, 0.05) is 0 Å². The number of hydrogen-bond donors (Lipinski definition) is 1. The second-order valence-electron chi connectivity index (χ2n) is 2.19. The maximum atomic E-state index is 9.30. The average Bonchev–Trinajstić information content (AvgIpc) is 2.03. The Bertz CT molecular complexity index is 255. The summed E-state index contributed by atoms with van der Waals surface area (Å²) in [5, 5.41) is 9.30. The highest BCUT2D eigenvalue weighted by Gasteiger charge is 1.94. The summed E-state index contributed by atoms with van der Waals surface area (Å²) in [6.07, 6.45) is 2.81. The smallest absolute Gasteiger partial charge is 0.119 e. The average molecular weight is 260 g/mol. The van der Waals surface area contributed by atoms with Gasteiger partial charge in [-0.15, -0.1) is 0 Å². The largest absolute Gasteiger partial charge is 0.508 e. The molecule has 0 bridgehead atoms. The number of phenolic OH excluding ortho intramolecular Hbond substituents is 1. The van der Waals surface area contributed by atoms with E-state index in [0.717, 1.165) is 12.0 Å². The van der Waals surface area contributed by atoms with Crippen molar-refractivity contribution >= 4 is 22.6 Å². The van der Waals surface area contributed by atoms with Gasteiger partial charge in [0.15, 0.2) is 0 Å². The van der Waals surface area contributed by atoms with Gasteiger partial charge in [-0.25, -0.2) is 0 Å². The highest BCUT2D eigenvalue weighted by molar-refractivity contribution is 14.1. The van der Waals surface area contributed by atoms with Crippen molar-refractivity contribution in [3.8, 4) is 5.75 Å². The SMILES string of the molecule is Oc1ccccc1CC=CI. The highest BCUT2D eigenvalue weighted by atomic mass is 127. The third kappa shape index (κ3) is 2.54. The summed E-state index contributed by atoms with van der Waals surface area (Å²) in [6, 6.07) is 7.38. The van der Waals surface area contributed by atoms with Gasteiger partial charge in [-0.3, -0.25) is 0 Å². The standard InChI is InChI=1S/C9H9IO/c10-7-3-5-8-4-1-2-6-9(8)11/h1-4,6-7,11H,5H2. The molecule has 0 aromatic heterocycles. The summed E-state index contributed by atoms with van der Waals surface area (Å²) in [7, 11) is 0. The molecule has 1 nitrogen and oxygen atoms in total. The molecule has 0 radical (unpaired) electrons. The van der Waals surface area contributed by atoms with E-state index in [1.54, 1.807) is 6.07 Å². The van der Waals surface area contributed by atoms with Crippen LogP contribution in [-0.2, 0) is 6.42 Å². The lowest BCUT2D eigenvalue weighted by Gasteiger charge is -1.98. The third-order valence-corrected chi connectivity index (χ3v) is 1.93. The van der Waals surface area contributed by atoms with Crippen LogP contribution in [0.5, 0.6) is 5.75 Å². The normalized spacial score (nSPS) is 10.6. The first-order valence-electron chi connectivity index (χ1n) is 3.36. The molecule has 1 aromatic rings. The Morgan fingerprint density at radius 2 is 2.09 bits per heavy atom. The number of benzene rings is 1. The van der Waals surface area contributed by atoms with E-state index in [1.807, 2.05) is 28.4 Å². The van der Waals surface area contributed by atoms with Crippen molar-refractivity contribution in [2.75, 3.05) is 0 Å². The van der Waals surface area contributed by atoms with E-state index in [1.165, 1.54) is 0 Å². The maximum absolute atomic E-state index is 9.30. The second-order valence-corrected chi connectivity index (χ2v) is 2.91. The lowest BCUT2D eigenvalue weighted by atomic mass is 10.1. The van der Waals surface area contributed by atoms with Crippen LogP contribution in [0.4, 0.5) is 0 Å². The summed E-state index contributed by atoms with van der Waals surface area (Å²) in [4.78, 5) is 0. The van der Waals surface area contributed by atoms with Gasteiger partial charge in [-0.1, -0.05) is 46.9 Å². The zero-order valence-electron chi connectivity index (χ0n) is 6.00. The monoisotopic (exact) mass is 260 g/mol. The number of rotatable bonds is 2. The number of phenols is 1. The first-order chi connectivity index (χ1) is 5.34. The van der Waals surface area contributed by atoms with Gasteiger partial charge in [0.2, 0.25) is 0 Å². The first-order valence-corrected chi connectivity index (χ1v) is 4.61. The van der Waals surface area contributed by atoms with E-state index in [-0.39, 0.29) is 0 Å². The van der Waals surface area contributed by atoms with Crippen molar-refractivity contribution in [1.82, 2.24) is 0 Å². The molecule has 0 aliphatic carbocycles. The Kier molecular flexibility index (Phi) is 3.42. The van der Waals surface area contributed by atoms with Crippen molar-refractivity contribution in [3.63, 3.8) is 0 Å². The van der Waals surface area contributed by atoms with E-state index < -0.39 is 0 Å². The molecule has 0 spiro atoms. The van der Waals surface area contributed by atoms with Crippen molar-refractivity contribution < 1.29 is 5.11 Å². The van der Waals surface area contributed by atoms with Crippen molar-refractivity contribution in [2.24, 2.45) is 0 Å².